The minimum atomic E-state index is -0.889. The van der Waals surface area contributed by atoms with Crippen LogP contribution < -0.4 is 11.2 Å². The number of hydrogen-bond donors (Lipinski definition) is 0. The van der Waals surface area contributed by atoms with Crippen molar-refractivity contribution in [3.8, 4) is 22.5 Å². The Hall–Kier alpha value is -5.86. The van der Waals surface area contributed by atoms with Crippen LogP contribution in [0.5, 0.6) is 0 Å². The summed E-state index contributed by atoms with van der Waals surface area (Å²) in [6.45, 7) is 2.62. The lowest BCUT2D eigenvalue weighted by molar-refractivity contribution is 0.451. The van der Waals surface area contributed by atoms with Crippen molar-refractivity contribution < 1.29 is 0 Å². The fourth-order valence-electron chi connectivity index (χ4n) is 6.64. The third-order valence-corrected chi connectivity index (χ3v) is 9.41. The Morgan fingerprint density at radius 1 is 0.660 bits per heavy atom. The molecule has 0 spiro atoms. The third-order valence-electron chi connectivity index (χ3n) is 9.10. The van der Waals surface area contributed by atoms with Gasteiger partial charge >= 0.3 is 5.69 Å². The molecule has 0 fully saturated rings. The Morgan fingerprint density at radius 3 is 1.76 bits per heavy atom. The smallest absolute Gasteiger partial charge is 0.279 e. The molecular formula is C41H35ClN6O2. The summed E-state index contributed by atoms with van der Waals surface area (Å²) in [6, 6.07) is 48.3. The van der Waals surface area contributed by atoms with E-state index < -0.39 is 11.2 Å². The molecule has 9 heteroatoms. The van der Waals surface area contributed by atoms with Gasteiger partial charge in [0.2, 0.25) is 0 Å². The highest BCUT2D eigenvalue weighted by Gasteiger charge is 2.42. The molecule has 0 saturated carbocycles. The van der Waals surface area contributed by atoms with E-state index in [0.29, 0.717) is 12.4 Å². The zero-order valence-corrected chi connectivity index (χ0v) is 28.3. The maximum Gasteiger partial charge on any atom is 0.332 e. The van der Waals surface area contributed by atoms with Gasteiger partial charge in [0.1, 0.15) is 10.7 Å². The molecule has 7 rings (SSSR count). The summed E-state index contributed by atoms with van der Waals surface area (Å²) >= 11 is 6.41. The van der Waals surface area contributed by atoms with E-state index in [1.807, 2.05) is 109 Å². The summed E-state index contributed by atoms with van der Waals surface area (Å²) in [7, 11) is 0. The lowest BCUT2D eigenvalue weighted by Crippen LogP contribution is -2.39. The first kappa shape index (κ1) is 32.7. The van der Waals surface area contributed by atoms with Crippen LogP contribution in [0.2, 0.25) is 5.15 Å². The molecule has 0 aliphatic carbocycles. The second-order valence-electron chi connectivity index (χ2n) is 12.1. The molecule has 5 aromatic carbocycles. The largest absolute Gasteiger partial charge is 0.332 e. The monoisotopic (exact) mass is 678 g/mol. The fraction of sp³-hybridized carbons (Fsp3) is 0.146. The molecule has 0 amide bonds. The van der Waals surface area contributed by atoms with E-state index in [2.05, 4.69) is 52.8 Å². The zero-order chi connectivity index (χ0) is 34.5. The van der Waals surface area contributed by atoms with Gasteiger partial charge in [-0.05, 0) is 50.2 Å². The number of unbranched alkanes of at least 4 members (excludes halogenated alkanes) is 1. The number of halogens is 1. The number of nitrogens with zero attached hydrogens (tertiary/aromatic N) is 6. The van der Waals surface area contributed by atoms with Crippen molar-refractivity contribution in [1.82, 2.24) is 29.3 Å². The van der Waals surface area contributed by atoms with Gasteiger partial charge in [-0.15, -0.1) is 5.10 Å². The number of benzene rings is 5. The first-order valence-electron chi connectivity index (χ1n) is 16.7. The van der Waals surface area contributed by atoms with Gasteiger partial charge in [0.25, 0.3) is 5.56 Å². The van der Waals surface area contributed by atoms with E-state index in [-0.39, 0.29) is 17.3 Å². The van der Waals surface area contributed by atoms with Crippen LogP contribution in [0.15, 0.2) is 155 Å². The summed E-state index contributed by atoms with van der Waals surface area (Å²) in [5.74, 6) is 0.605. The standard InChI is InChI=1S/C41H35ClN6O2/c1-2-3-27-46-38(49)28-37(42)47(40(46)50)29-30-23-25-31(26-24-30)35-21-13-14-22-36(35)39-43-44-45-48(39)41(32-15-7-4-8-16-32,33-17-9-5-10-18-33)34-19-11-6-12-20-34/h4-26,28H,2-3,27,29H2,1H3. The van der Waals surface area contributed by atoms with Crippen molar-refractivity contribution >= 4 is 11.6 Å². The Labute approximate surface area is 294 Å². The predicted molar refractivity (Wildman–Crippen MR) is 197 cm³/mol. The van der Waals surface area contributed by atoms with Gasteiger partial charge in [-0.3, -0.25) is 13.9 Å². The normalized spacial score (nSPS) is 11.5. The van der Waals surface area contributed by atoms with Crippen LogP contribution in [0, 0.1) is 0 Å². The molecule has 7 aromatic rings. The first-order chi connectivity index (χ1) is 24.5. The van der Waals surface area contributed by atoms with Gasteiger partial charge in [0.05, 0.1) is 6.54 Å². The summed E-state index contributed by atoms with van der Waals surface area (Å²) in [5, 5.41) is 13.8. The lowest BCUT2D eigenvalue weighted by atomic mass is 9.77. The van der Waals surface area contributed by atoms with Crippen LogP contribution in [0.4, 0.5) is 0 Å². The molecule has 0 radical (unpaired) electrons. The molecule has 50 heavy (non-hydrogen) atoms. The van der Waals surface area contributed by atoms with Gasteiger partial charge in [0.15, 0.2) is 5.82 Å². The molecule has 2 aromatic heterocycles. The molecule has 0 atom stereocenters. The van der Waals surface area contributed by atoms with Gasteiger partial charge in [-0.2, -0.15) is 0 Å². The van der Waals surface area contributed by atoms with Crippen LogP contribution in [0.3, 0.4) is 0 Å². The number of hydrogen-bond acceptors (Lipinski definition) is 5. The molecule has 0 saturated heterocycles. The van der Waals surface area contributed by atoms with E-state index in [1.165, 1.54) is 15.2 Å². The second kappa shape index (κ2) is 14.3. The van der Waals surface area contributed by atoms with Gasteiger partial charge in [0, 0.05) is 18.2 Å². The molecule has 8 nitrogen and oxygen atoms in total. The Balaban J connectivity index is 1.33. The molecular weight excluding hydrogens is 644 g/mol. The molecule has 248 valence electrons. The summed E-state index contributed by atoms with van der Waals surface area (Å²) < 4.78 is 4.62. The Bertz CT molecular complexity index is 2240. The Kier molecular flexibility index (Phi) is 9.36. The van der Waals surface area contributed by atoms with Crippen LogP contribution in [-0.2, 0) is 18.6 Å². The van der Waals surface area contributed by atoms with Gasteiger partial charge in [-0.25, -0.2) is 9.48 Å². The third kappa shape index (κ3) is 5.99. The topological polar surface area (TPSA) is 87.6 Å². The molecule has 0 N–H and O–H groups in total. The van der Waals surface area contributed by atoms with Crippen molar-refractivity contribution in [3.05, 3.63) is 194 Å². The van der Waals surface area contributed by atoms with Crippen LogP contribution in [0.25, 0.3) is 22.5 Å². The molecule has 0 unspecified atom stereocenters. The molecule has 0 aliphatic heterocycles. The van der Waals surface area contributed by atoms with Crippen molar-refractivity contribution in [2.75, 3.05) is 0 Å². The number of tetrazole rings is 1. The van der Waals surface area contributed by atoms with E-state index in [9.17, 15) is 9.59 Å². The van der Waals surface area contributed by atoms with Gasteiger partial charge in [-0.1, -0.05) is 164 Å². The highest BCUT2D eigenvalue weighted by molar-refractivity contribution is 6.29. The Morgan fingerprint density at radius 2 is 1.20 bits per heavy atom. The van der Waals surface area contributed by atoms with Crippen molar-refractivity contribution in [1.29, 1.82) is 0 Å². The predicted octanol–water partition coefficient (Wildman–Crippen LogP) is 7.67. The quantitative estimate of drug-likeness (QED) is 0.104. The highest BCUT2D eigenvalue weighted by atomic mass is 35.5. The van der Waals surface area contributed by atoms with Crippen molar-refractivity contribution in [2.24, 2.45) is 0 Å². The van der Waals surface area contributed by atoms with Crippen LogP contribution in [0.1, 0.15) is 42.0 Å². The van der Waals surface area contributed by atoms with Crippen LogP contribution >= 0.6 is 11.6 Å². The molecule has 2 heterocycles. The van der Waals surface area contributed by atoms with Crippen molar-refractivity contribution in [2.45, 2.75) is 38.4 Å². The SMILES string of the molecule is CCCCn1c(=O)cc(Cl)n(Cc2ccc(-c3ccccc3-c3nnnn3C(c3ccccc3)(c3ccccc3)c3ccccc3)cc2)c1=O. The van der Waals surface area contributed by atoms with Gasteiger partial charge < -0.3 is 0 Å². The first-order valence-corrected chi connectivity index (χ1v) is 17.0. The van der Waals surface area contributed by atoms with E-state index in [4.69, 9.17) is 16.8 Å². The van der Waals surface area contributed by atoms with Crippen LogP contribution in [-0.4, -0.2) is 29.3 Å². The maximum atomic E-state index is 13.2. The summed E-state index contributed by atoms with van der Waals surface area (Å²) in [4.78, 5) is 25.7. The molecule has 0 bridgehead atoms. The average molecular weight is 679 g/mol. The summed E-state index contributed by atoms with van der Waals surface area (Å²) in [6.07, 6.45) is 1.60. The zero-order valence-electron chi connectivity index (χ0n) is 27.6. The maximum absolute atomic E-state index is 13.2. The molecule has 0 aliphatic rings. The van der Waals surface area contributed by atoms with Crippen molar-refractivity contribution in [3.63, 3.8) is 0 Å². The second-order valence-corrected chi connectivity index (χ2v) is 12.5. The van der Waals surface area contributed by atoms with E-state index in [0.717, 1.165) is 51.8 Å². The lowest BCUT2D eigenvalue weighted by Gasteiger charge is -2.36. The average Bonchev–Trinajstić information content (AvgIpc) is 3.65. The number of aromatic nitrogens is 6. The highest BCUT2D eigenvalue weighted by Crippen LogP contribution is 2.43. The van der Waals surface area contributed by atoms with E-state index in [1.54, 1.807) is 0 Å². The van der Waals surface area contributed by atoms with E-state index >= 15 is 0 Å². The minimum absolute atomic E-state index is 0.118. The minimum Gasteiger partial charge on any atom is -0.279 e. The summed E-state index contributed by atoms with van der Waals surface area (Å²) in [5.41, 5.74) is 5.01. The number of rotatable bonds is 11. The fourth-order valence-corrected chi connectivity index (χ4v) is 6.87.